The molecule has 3 heterocycles. The highest BCUT2D eigenvalue weighted by Crippen LogP contribution is 2.36. The van der Waals surface area contributed by atoms with Gasteiger partial charge in [-0.05, 0) is 75.5 Å². The summed E-state index contributed by atoms with van der Waals surface area (Å²) in [5.74, 6) is 0. The van der Waals surface area contributed by atoms with Gasteiger partial charge in [0.15, 0.2) is 11.4 Å². The predicted molar refractivity (Wildman–Crippen MR) is 202 cm³/mol. The van der Waals surface area contributed by atoms with Crippen LogP contribution in [0.3, 0.4) is 0 Å². The molecule has 6 aromatic rings. The van der Waals surface area contributed by atoms with Gasteiger partial charge in [-0.15, -0.1) is 20.4 Å². The fourth-order valence-corrected chi connectivity index (χ4v) is 5.45. The first-order valence-corrected chi connectivity index (χ1v) is 16.8. The van der Waals surface area contributed by atoms with Crippen molar-refractivity contribution in [1.82, 2.24) is 29.7 Å². The average molecular weight is 690 g/mol. The first-order valence-electron chi connectivity index (χ1n) is 16.8. The standard InChI is InChI=1S/C22H24BN5O2.C17H15N5/c1-21(2)22(3,4)30-23(29-21)18-8-6-17(7-9-18)14-28(27-15-25-26-16-27)20-12-10-19(24-5)11-13-20;1-14-3-5-15(6-4-14)11-22(21-12-19-20-13-21)17-9-7-16(18-2)8-10-17/h6-13,15-16H,14H2,1-4H3;3-10,12-13H,11H2,1H3/i;1-1. The molecular weight excluding hydrogens is 650 g/mol. The van der Waals surface area contributed by atoms with Crippen LogP contribution in [0.15, 0.2) is 122 Å². The molecule has 4 aromatic carbocycles. The molecule has 0 amide bonds. The lowest BCUT2D eigenvalue weighted by atomic mass is 9.79. The van der Waals surface area contributed by atoms with E-state index in [1.54, 1.807) is 37.4 Å². The van der Waals surface area contributed by atoms with Crippen LogP contribution in [0.2, 0.25) is 0 Å². The Labute approximate surface area is 304 Å². The maximum atomic E-state index is 7.15. The van der Waals surface area contributed by atoms with Gasteiger partial charge in [-0.25, -0.2) is 19.0 Å². The van der Waals surface area contributed by atoms with E-state index in [4.69, 9.17) is 22.5 Å². The minimum Gasteiger partial charge on any atom is -0.399 e. The van der Waals surface area contributed by atoms with Crippen LogP contribution in [-0.4, -0.2) is 48.1 Å². The molecule has 1 fully saturated rings. The van der Waals surface area contributed by atoms with E-state index in [1.807, 2.05) is 62.9 Å². The first kappa shape index (κ1) is 35.5. The highest BCUT2D eigenvalue weighted by molar-refractivity contribution is 6.62. The second-order valence-corrected chi connectivity index (χ2v) is 13.4. The van der Waals surface area contributed by atoms with Crippen molar-refractivity contribution in [2.45, 2.75) is 58.9 Å². The Hall–Kier alpha value is -6.28. The van der Waals surface area contributed by atoms with E-state index in [-0.39, 0.29) is 18.3 Å². The quantitative estimate of drug-likeness (QED) is 0.116. The summed E-state index contributed by atoms with van der Waals surface area (Å²) < 4.78 is 16.0. The summed E-state index contributed by atoms with van der Waals surface area (Å²) in [4.78, 5) is 6.89. The van der Waals surface area contributed by atoms with E-state index >= 15 is 0 Å². The number of benzene rings is 4. The Kier molecular flexibility index (Phi) is 10.5. The molecule has 0 bridgehead atoms. The van der Waals surface area contributed by atoms with E-state index in [0.29, 0.717) is 24.5 Å². The number of anilines is 2. The number of aryl methyl sites for hydroxylation is 1. The Morgan fingerprint density at radius 3 is 1.31 bits per heavy atom. The molecule has 0 atom stereocenters. The largest absolute Gasteiger partial charge is 0.494 e. The Morgan fingerprint density at radius 1 is 0.577 bits per heavy atom. The molecule has 0 N–H and O–H groups in total. The summed E-state index contributed by atoms with van der Waals surface area (Å²) in [6.45, 7) is 25.8. The van der Waals surface area contributed by atoms with Gasteiger partial charge < -0.3 is 9.31 Å². The second-order valence-electron chi connectivity index (χ2n) is 13.4. The third-order valence-electron chi connectivity index (χ3n) is 9.21. The van der Waals surface area contributed by atoms with Gasteiger partial charge in [-0.1, -0.05) is 78.4 Å². The Morgan fingerprint density at radius 2 is 0.942 bits per heavy atom. The molecule has 1 aliphatic rings. The smallest absolute Gasteiger partial charge is 0.399 e. The molecular formula is C39H39BN10O2. The minimum absolute atomic E-state index is 0.362. The lowest BCUT2D eigenvalue weighted by Gasteiger charge is -2.32. The van der Waals surface area contributed by atoms with Gasteiger partial charge in [-0.2, -0.15) is 0 Å². The summed E-state index contributed by atoms with van der Waals surface area (Å²) in [6.07, 6.45) is 6.64. The van der Waals surface area contributed by atoms with Crippen LogP contribution in [0.25, 0.3) is 9.69 Å². The zero-order chi connectivity index (χ0) is 36.7. The molecule has 13 heteroatoms. The summed E-state index contributed by atoms with van der Waals surface area (Å²) in [7, 11) is -0.376. The van der Waals surface area contributed by atoms with E-state index in [1.165, 1.54) is 11.1 Å². The third-order valence-corrected chi connectivity index (χ3v) is 9.21. The number of nitrogens with zero attached hydrogens (tertiary/aromatic N) is 10. The molecule has 0 spiro atoms. The lowest BCUT2D eigenvalue weighted by molar-refractivity contribution is 0.00578. The van der Waals surface area contributed by atoms with E-state index in [0.717, 1.165) is 22.4 Å². The van der Waals surface area contributed by atoms with Crippen molar-refractivity contribution in [1.29, 1.82) is 0 Å². The summed E-state index contributed by atoms with van der Waals surface area (Å²) in [5, 5.41) is 19.7. The zero-order valence-electron chi connectivity index (χ0n) is 29.8. The van der Waals surface area contributed by atoms with Crippen molar-refractivity contribution in [3.63, 3.8) is 0 Å². The van der Waals surface area contributed by atoms with Crippen molar-refractivity contribution >= 4 is 35.3 Å². The van der Waals surface area contributed by atoms with Crippen LogP contribution in [0.4, 0.5) is 22.7 Å². The number of hydrogen-bond donors (Lipinski definition) is 0. The molecule has 52 heavy (non-hydrogen) atoms. The average Bonchev–Trinajstić information content (AvgIpc) is 3.93. The monoisotopic (exact) mass is 689 g/mol. The molecule has 7 rings (SSSR count). The van der Waals surface area contributed by atoms with Crippen LogP contribution in [0.5, 0.6) is 0 Å². The molecule has 0 saturated carbocycles. The SMILES string of the molecule is [C-]#[N+]c1ccc(N(Cc2ccc(B3OC(C)(C)C(C)(C)O3)cc2)n2cnnc2)cc1.[C-]#[N+]c1ccc(N(Cc2ccc([11CH3])cc2)n2cnnc2)cc1. The molecule has 12 nitrogen and oxygen atoms in total. The van der Waals surface area contributed by atoms with Crippen LogP contribution >= 0.6 is 0 Å². The predicted octanol–water partition coefficient (Wildman–Crippen LogP) is 7.21. The van der Waals surface area contributed by atoms with Gasteiger partial charge in [0.25, 0.3) is 0 Å². The fourth-order valence-electron chi connectivity index (χ4n) is 5.45. The molecule has 0 unspecified atom stereocenters. The van der Waals surface area contributed by atoms with Gasteiger partial charge in [-0.3, -0.25) is 10.0 Å². The normalized spacial score (nSPS) is 14.1. The van der Waals surface area contributed by atoms with Gasteiger partial charge in [0.2, 0.25) is 0 Å². The maximum Gasteiger partial charge on any atom is 0.494 e. The fraction of sp³-hybridized carbons (Fsp3) is 0.231. The van der Waals surface area contributed by atoms with Crippen molar-refractivity contribution in [3.05, 3.63) is 162 Å². The van der Waals surface area contributed by atoms with Crippen molar-refractivity contribution in [2.75, 3.05) is 10.0 Å². The minimum atomic E-state index is -0.376. The van der Waals surface area contributed by atoms with Gasteiger partial charge in [0.05, 0.1) is 48.8 Å². The molecule has 0 aliphatic carbocycles. The Bertz CT molecular complexity index is 2100. The van der Waals surface area contributed by atoms with E-state index in [2.05, 4.69) is 106 Å². The van der Waals surface area contributed by atoms with Crippen LogP contribution in [0, 0.1) is 20.1 Å². The third kappa shape index (κ3) is 8.19. The number of aromatic nitrogens is 6. The van der Waals surface area contributed by atoms with Crippen LogP contribution < -0.4 is 15.5 Å². The van der Waals surface area contributed by atoms with E-state index < -0.39 is 0 Å². The van der Waals surface area contributed by atoms with Crippen LogP contribution in [0.1, 0.15) is 44.4 Å². The van der Waals surface area contributed by atoms with Crippen molar-refractivity contribution < 1.29 is 9.31 Å². The van der Waals surface area contributed by atoms with Gasteiger partial charge >= 0.3 is 7.12 Å². The summed E-state index contributed by atoms with van der Waals surface area (Å²) in [6, 6.07) is 31.6. The highest BCUT2D eigenvalue weighted by Gasteiger charge is 2.51. The number of hydrogen-bond acceptors (Lipinski definition) is 8. The number of rotatable bonds is 9. The first-order chi connectivity index (χ1) is 25.0. The second kappa shape index (κ2) is 15.3. The highest BCUT2D eigenvalue weighted by atomic mass is 16.7. The Balaban J connectivity index is 0.000000187. The van der Waals surface area contributed by atoms with Gasteiger partial charge in [0, 0.05) is 0 Å². The maximum absolute atomic E-state index is 7.15. The van der Waals surface area contributed by atoms with Crippen molar-refractivity contribution in [2.24, 2.45) is 0 Å². The van der Waals surface area contributed by atoms with E-state index in [9.17, 15) is 0 Å². The van der Waals surface area contributed by atoms with Crippen LogP contribution in [-0.2, 0) is 22.4 Å². The molecule has 1 saturated heterocycles. The lowest BCUT2D eigenvalue weighted by Crippen LogP contribution is -2.41. The van der Waals surface area contributed by atoms with Crippen molar-refractivity contribution in [3.8, 4) is 0 Å². The molecule has 0 radical (unpaired) electrons. The topological polar surface area (TPSA) is 95.1 Å². The molecule has 2 aromatic heterocycles. The summed E-state index contributed by atoms with van der Waals surface area (Å²) >= 11 is 0. The molecule has 260 valence electrons. The summed E-state index contributed by atoms with van der Waals surface area (Å²) in [5.41, 5.74) is 6.96. The zero-order valence-corrected chi connectivity index (χ0v) is 29.8. The van der Waals surface area contributed by atoms with Gasteiger partial charge in [0.1, 0.15) is 25.3 Å². The molecule has 1 aliphatic heterocycles.